The molecule has 1 saturated heterocycles. The number of alkyl halides is 3. The fourth-order valence-corrected chi connectivity index (χ4v) is 3.43. The molecule has 0 spiro atoms. The second-order valence-corrected chi connectivity index (χ2v) is 6.60. The van der Waals surface area contributed by atoms with Gasteiger partial charge in [0.05, 0.1) is 10.6 Å². The topological polar surface area (TPSA) is 15.3 Å². The van der Waals surface area contributed by atoms with Crippen molar-refractivity contribution >= 4 is 24.0 Å². The van der Waals surface area contributed by atoms with Gasteiger partial charge in [-0.3, -0.25) is 4.90 Å². The molecule has 1 atom stereocenters. The second kappa shape index (κ2) is 10.5. The van der Waals surface area contributed by atoms with Crippen molar-refractivity contribution in [3.63, 3.8) is 0 Å². The SMILES string of the molecule is C=CCCCC[C@H](c1c(C(F)(F)F)ccc(Cl)c1F)N1CCNCC1.Cl. The Hall–Kier alpha value is -0.820. The van der Waals surface area contributed by atoms with E-state index < -0.39 is 23.6 Å². The maximum atomic E-state index is 14.7. The van der Waals surface area contributed by atoms with E-state index in [2.05, 4.69) is 11.9 Å². The van der Waals surface area contributed by atoms with Gasteiger partial charge in [-0.15, -0.1) is 19.0 Å². The molecule has 0 radical (unpaired) electrons. The van der Waals surface area contributed by atoms with Gasteiger partial charge in [0.2, 0.25) is 0 Å². The van der Waals surface area contributed by atoms with E-state index in [1.165, 1.54) is 0 Å². The fraction of sp³-hybridized carbons (Fsp3) is 0.556. The first-order valence-electron chi connectivity index (χ1n) is 8.47. The summed E-state index contributed by atoms with van der Waals surface area (Å²) in [7, 11) is 0. The number of rotatable bonds is 7. The number of allylic oxidation sites excluding steroid dienone is 1. The highest BCUT2D eigenvalue weighted by Crippen LogP contribution is 2.41. The normalized spacial score (nSPS) is 16.8. The summed E-state index contributed by atoms with van der Waals surface area (Å²) in [6.45, 7) is 6.16. The highest BCUT2D eigenvalue weighted by atomic mass is 35.5. The lowest BCUT2D eigenvalue weighted by Gasteiger charge is -2.36. The predicted molar refractivity (Wildman–Crippen MR) is 99.5 cm³/mol. The molecule has 0 amide bonds. The van der Waals surface area contributed by atoms with Crippen molar-refractivity contribution in [2.24, 2.45) is 0 Å². The monoisotopic (exact) mass is 414 g/mol. The van der Waals surface area contributed by atoms with Crippen molar-refractivity contribution in [3.8, 4) is 0 Å². The van der Waals surface area contributed by atoms with Gasteiger partial charge in [-0.05, 0) is 31.4 Å². The smallest absolute Gasteiger partial charge is 0.314 e. The van der Waals surface area contributed by atoms with Crippen LogP contribution in [0.5, 0.6) is 0 Å². The highest BCUT2D eigenvalue weighted by Gasteiger charge is 2.39. The zero-order valence-corrected chi connectivity index (χ0v) is 16.0. The van der Waals surface area contributed by atoms with Crippen LogP contribution in [0.15, 0.2) is 24.8 Å². The lowest BCUT2D eigenvalue weighted by atomic mass is 9.93. The Labute approximate surface area is 163 Å². The third kappa shape index (κ3) is 5.84. The zero-order valence-electron chi connectivity index (χ0n) is 14.4. The molecule has 2 rings (SSSR count). The van der Waals surface area contributed by atoms with E-state index in [9.17, 15) is 17.6 Å². The predicted octanol–water partition coefficient (Wildman–Crippen LogP) is 5.61. The van der Waals surface area contributed by atoms with Crippen LogP contribution in [0.1, 0.15) is 42.9 Å². The summed E-state index contributed by atoms with van der Waals surface area (Å²) in [6, 6.07) is 1.23. The van der Waals surface area contributed by atoms with Gasteiger partial charge in [0.25, 0.3) is 0 Å². The van der Waals surface area contributed by atoms with E-state index in [1.807, 2.05) is 4.90 Å². The summed E-state index contributed by atoms with van der Waals surface area (Å²) in [4.78, 5) is 1.92. The average Bonchev–Trinajstić information content (AvgIpc) is 2.58. The molecule has 1 aliphatic heterocycles. The molecule has 148 valence electrons. The third-order valence-corrected chi connectivity index (χ3v) is 4.79. The molecule has 0 unspecified atom stereocenters. The second-order valence-electron chi connectivity index (χ2n) is 6.20. The van der Waals surface area contributed by atoms with Crippen molar-refractivity contribution < 1.29 is 17.6 Å². The van der Waals surface area contributed by atoms with Crippen molar-refractivity contribution in [1.29, 1.82) is 0 Å². The molecule has 26 heavy (non-hydrogen) atoms. The van der Waals surface area contributed by atoms with Gasteiger partial charge < -0.3 is 5.32 Å². The quantitative estimate of drug-likeness (QED) is 0.354. The van der Waals surface area contributed by atoms with Crippen LogP contribution in [-0.2, 0) is 6.18 Å². The summed E-state index contributed by atoms with van der Waals surface area (Å²) in [5.41, 5.74) is -1.25. The summed E-state index contributed by atoms with van der Waals surface area (Å²) >= 11 is 5.82. The number of nitrogens with zero attached hydrogens (tertiary/aromatic N) is 1. The van der Waals surface area contributed by atoms with Crippen LogP contribution in [0.3, 0.4) is 0 Å². The van der Waals surface area contributed by atoms with Crippen LogP contribution in [-0.4, -0.2) is 31.1 Å². The summed E-state index contributed by atoms with van der Waals surface area (Å²) in [5.74, 6) is -0.955. The lowest BCUT2D eigenvalue weighted by molar-refractivity contribution is -0.139. The molecule has 0 aromatic heterocycles. The maximum Gasteiger partial charge on any atom is 0.416 e. The van der Waals surface area contributed by atoms with Crippen LogP contribution in [0, 0.1) is 5.82 Å². The molecule has 1 heterocycles. The Morgan fingerprint density at radius 1 is 1.23 bits per heavy atom. The van der Waals surface area contributed by atoms with E-state index in [4.69, 9.17) is 11.6 Å². The summed E-state index contributed by atoms with van der Waals surface area (Å²) < 4.78 is 55.1. The number of unbranched alkanes of at least 4 members (excludes halogenated alkanes) is 2. The Bertz CT molecular complexity index is 587. The third-order valence-electron chi connectivity index (χ3n) is 4.50. The zero-order chi connectivity index (χ0) is 18.4. The average molecular weight is 415 g/mol. The van der Waals surface area contributed by atoms with E-state index in [1.54, 1.807) is 6.08 Å². The largest absolute Gasteiger partial charge is 0.416 e. The summed E-state index contributed by atoms with van der Waals surface area (Å²) in [6.07, 6.45) is -0.0821. The van der Waals surface area contributed by atoms with Gasteiger partial charge >= 0.3 is 6.18 Å². The number of hydrogen-bond donors (Lipinski definition) is 1. The van der Waals surface area contributed by atoms with Crippen LogP contribution in [0.2, 0.25) is 5.02 Å². The van der Waals surface area contributed by atoms with Crippen LogP contribution < -0.4 is 5.32 Å². The van der Waals surface area contributed by atoms with Crippen molar-refractivity contribution in [2.75, 3.05) is 26.2 Å². The minimum absolute atomic E-state index is 0. The summed E-state index contributed by atoms with van der Waals surface area (Å²) in [5, 5.41) is 2.90. The van der Waals surface area contributed by atoms with Crippen LogP contribution in [0.25, 0.3) is 0 Å². The van der Waals surface area contributed by atoms with Crippen molar-refractivity contribution in [2.45, 2.75) is 37.9 Å². The number of halogens is 6. The molecule has 1 aliphatic rings. The van der Waals surface area contributed by atoms with E-state index in [0.717, 1.165) is 25.0 Å². The molecule has 1 aromatic rings. The maximum absolute atomic E-state index is 14.7. The van der Waals surface area contributed by atoms with E-state index in [-0.39, 0.29) is 23.0 Å². The molecule has 8 heteroatoms. The fourth-order valence-electron chi connectivity index (χ4n) is 3.27. The number of hydrogen-bond acceptors (Lipinski definition) is 2. The van der Waals surface area contributed by atoms with Crippen molar-refractivity contribution in [1.82, 2.24) is 10.2 Å². The molecular weight excluding hydrogens is 391 g/mol. The first kappa shape index (κ1) is 23.2. The van der Waals surface area contributed by atoms with Crippen LogP contribution in [0.4, 0.5) is 17.6 Å². The van der Waals surface area contributed by atoms with Gasteiger partial charge in [-0.25, -0.2) is 4.39 Å². The molecule has 0 bridgehead atoms. The number of piperazine rings is 1. The minimum Gasteiger partial charge on any atom is -0.314 e. The Morgan fingerprint density at radius 3 is 2.46 bits per heavy atom. The van der Waals surface area contributed by atoms with Crippen molar-refractivity contribution in [3.05, 3.63) is 46.8 Å². The minimum atomic E-state index is -4.62. The molecule has 1 fully saturated rings. The molecule has 1 aromatic carbocycles. The number of benzene rings is 1. The first-order chi connectivity index (χ1) is 11.9. The molecule has 0 aliphatic carbocycles. The van der Waals surface area contributed by atoms with Gasteiger partial charge in [-0.1, -0.05) is 24.1 Å². The molecular formula is C18H24Cl2F4N2. The van der Waals surface area contributed by atoms with Gasteiger partial charge in [0.15, 0.2) is 0 Å². The Morgan fingerprint density at radius 2 is 1.88 bits per heavy atom. The van der Waals surface area contributed by atoms with E-state index >= 15 is 0 Å². The first-order valence-corrected chi connectivity index (χ1v) is 8.84. The molecule has 1 N–H and O–H groups in total. The van der Waals surface area contributed by atoms with E-state index in [0.29, 0.717) is 39.0 Å². The molecule has 2 nitrogen and oxygen atoms in total. The van der Waals surface area contributed by atoms with Gasteiger partial charge in [-0.2, -0.15) is 13.2 Å². The van der Waals surface area contributed by atoms with Crippen LogP contribution >= 0.6 is 24.0 Å². The standard InChI is InChI=1S/C18H23ClF4N2.ClH/c1-2-3-4-5-6-15(25-11-9-24-10-12-25)16-13(18(21,22)23)7-8-14(19)17(16)20;/h2,7-8,15,24H,1,3-6,9-12H2;1H/t15-;/m1./s1. The van der Waals surface area contributed by atoms with Gasteiger partial charge in [0, 0.05) is 37.8 Å². The lowest BCUT2D eigenvalue weighted by Crippen LogP contribution is -2.45. The van der Waals surface area contributed by atoms with Gasteiger partial charge in [0.1, 0.15) is 5.82 Å². The number of nitrogens with one attached hydrogen (secondary N) is 1. The highest BCUT2D eigenvalue weighted by molar-refractivity contribution is 6.30. The Balaban J connectivity index is 0.00000338. The molecule has 0 saturated carbocycles. The Kier molecular flexibility index (Phi) is 9.38.